The zero-order valence-corrected chi connectivity index (χ0v) is 12.5. The van der Waals surface area contributed by atoms with Gasteiger partial charge in [-0.3, -0.25) is 14.6 Å². The van der Waals surface area contributed by atoms with Crippen LogP contribution in [0, 0.1) is 0 Å². The molecule has 5 heteroatoms. The summed E-state index contributed by atoms with van der Waals surface area (Å²) in [6.45, 7) is 4.26. The molecule has 2 N–H and O–H groups in total. The van der Waals surface area contributed by atoms with Gasteiger partial charge < -0.3 is 10.2 Å². The molecule has 0 radical (unpaired) electrons. The van der Waals surface area contributed by atoms with Crippen LogP contribution in [0.2, 0.25) is 0 Å². The van der Waals surface area contributed by atoms with E-state index in [9.17, 15) is 4.79 Å². The van der Waals surface area contributed by atoms with Crippen molar-refractivity contribution < 1.29 is 9.21 Å². The summed E-state index contributed by atoms with van der Waals surface area (Å²) in [7, 11) is 0. The van der Waals surface area contributed by atoms with Crippen LogP contribution in [0.3, 0.4) is 0 Å². The van der Waals surface area contributed by atoms with E-state index in [1.807, 2.05) is 42.5 Å². The van der Waals surface area contributed by atoms with E-state index in [-0.39, 0.29) is 11.9 Å². The molecule has 22 heavy (non-hydrogen) atoms. The third kappa shape index (κ3) is 3.37. The summed E-state index contributed by atoms with van der Waals surface area (Å²) >= 11 is 0. The average molecular weight is 299 g/mol. The van der Waals surface area contributed by atoms with Gasteiger partial charge in [0.05, 0.1) is 12.8 Å². The summed E-state index contributed by atoms with van der Waals surface area (Å²) in [5.74, 6) is 0.689. The number of rotatable bonds is 5. The lowest BCUT2D eigenvalue weighted by Crippen LogP contribution is -2.49. The zero-order valence-electron chi connectivity index (χ0n) is 12.5. The Morgan fingerprint density at radius 2 is 1.82 bits per heavy atom. The predicted octanol–water partition coefficient (Wildman–Crippen LogP) is 1.62. The highest BCUT2D eigenvalue weighted by molar-refractivity contribution is 5.81. The van der Waals surface area contributed by atoms with Gasteiger partial charge in [-0.15, -0.1) is 0 Å². The van der Waals surface area contributed by atoms with Gasteiger partial charge in [-0.2, -0.15) is 0 Å². The summed E-state index contributed by atoms with van der Waals surface area (Å²) in [5.41, 5.74) is 6.60. The van der Waals surface area contributed by atoms with Crippen LogP contribution in [0.25, 0.3) is 0 Å². The topological polar surface area (TPSA) is 62.7 Å². The highest BCUT2D eigenvalue weighted by atomic mass is 16.3. The molecule has 5 nitrogen and oxygen atoms in total. The van der Waals surface area contributed by atoms with Crippen LogP contribution < -0.4 is 5.73 Å². The molecule has 2 aromatic rings. The summed E-state index contributed by atoms with van der Waals surface area (Å²) in [6.07, 6.45) is 1.70. The smallest absolute Gasteiger partial charge is 0.239 e. The van der Waals surface area contributed by atoms with Crippen LogP contribution in [-0.4, -0.2) is 41.9 Å². The lowest BCUT2D eigenvalue weighted by molar-refractivity contribution is -0.124. The number of piperazine rings is 1. The van der Waals surface area contributed by atoms with Crippen molar-refractivity contribution in [3.8, 4) is 0 Å². The lowest BCUT2D eigenvalue weighted by atomic mass is 10.0. The summed E-state index contributed by atoms with van der Waals surface area (Å²) in [5, 5.41) is 0. The minimum absolute atomic E-state index is 0.286. The van der Waals surface area contributed by atoms with E-state index in [0.717, 1.165) is 44.0 Å². The largest absolute Gasteiger partial charge is 0.468 e. The molecule has 1 aromatic heterocycles. The van der Waals surface area contributed by atoms with E-state index >= 15 is 0 Å². The molecule has 1 aromatic carbocycles. The van der Waals surface area contributed by atoms with Gasteiger partial charge >= 0.3 is 0 Å². The minimum Gasteiger partial charge on any atom is -0.468 e. The first-order chi connectivity index (χ1) is 10.7. The molecule has 0 bridgehead atoms. The first-order valence-electron chi connectivity index (χ1n) is 7.57. The maximum absolute atomic E-state index is 11.9. The van der Waals surface area contributed by atoms with Crippen molar-refractivity contribution >= 4 is 5.91 Å². The van der Waals surface area contributed by atoms with Gasteiger partial charge in [-0.1, -0.05) is 30.3 Å². The Labute approximate surface area is 130 Å². The van der Waals surface area contributed by atoms with E-state index in [1.165, 1.54) is 0 Å². The van der Waals surface area contributed by atoms with Crippen LogP contribution in [-0.2, 0) is 11.3 Å². The second-order valence-electron chi connectivity index (χ2n) is 5.61. The maximum Gasteiger partial charge on any atom is 0.239 e. The van der Waals surface area contributed by atoms with Gasteiger partial charge in [0.2, 0.25) is 5.91 Å². The van der Waals surface area contributed by atoms with Crippen LogP contribution in [0.5, 0.6) is 0 Å². The Bertz CT molecular complexity index is 590. The third-order valence-electron chi connectivity index (χ3n) is 4.12. The fraction of sp³-hybridized carbons (Fsp3) is 0.353. The summed E-state index contributed by atoms with van der Waals surface area (Å²) in [4.78, 5) is 16.4. The standard InChI is InChI=1S/C17H21N3O2/c18-17(21)16(14-5-2-1-3-6-14)20-10-8-19(9-11-20)13-15-7-4-12-22-15/h1-7,12,16H,8-11,13H2,(H2,18,21). The maximum atomic E-state index is 11.9. The molecule has 0 saturated carbocycles. The normalized spacial score (nSPS) is 18.2. The van der Waals surface area contributed by atoms with Crippen molar-refractivity contribution in [2.24, 2.45) is 5.73 Å². The van der Waals surface area contributed by atoms with Crippen LogP contribution in [0.1, 0.15) is 17.4 Å². The molecule has 1 aliphatic heterocycles. The number of carbonyl (C=O) groups excluding carboxylic acids is 1. The summed E-state index contributed by atoms with van der Waals surface area (Å²) < 4.78 is 5.39. The van der Waals surface area contributed by atoms with Gasteiger partial charge in [-0.25, -0.2) is 0 Å². The molecule has 1 fully saturated rings. The number of primary amides is 1. The van der Waals surface area contributed by atoms with E-state index < -0.39 is 0 Å². The number of furan rings is 1. The fourth-order valence-corrected chi connectivity index (χ4v) is 2.99. The number of benzene rings is 1. The lowest BCUT2D eigenvalue weighted by Gasteiger charge is -2.37. The van der Waals surface area contributed by atoms with Gasteiger partial charge in [-0.05, 0) is 17.7 Å². The third-order valence-corrected chi connectivity index (χ3v) is 4.12. The number of carbonyl (C=O) groups is 1. The Kier molecular flexibility index (Phi) is 4.56. The second-order valence-corrected chi connectivity index (χ2v) is 5.61. The Morgan fingerprint density at radius 3 is 2.41 bits per heavy atom. The Morgan fingerprint density at radius 1 is 1.09 bits per heavy atom. The second kappa shape index (κ2) is 6.77. The van der Waals surface area contributed by atoms with Crippen molar-refractivity contribution in [3.63, 3.8) is 0 Å². The minimum atomic E-state index is -0.341. The SMILES string of the molecule is NC(=O)C(c1ccccc1)N1CCN(Cc2ccco2)CC1. The molecule has 1 atom stereocenters. The highest BCUT2D eigenvalue weighted by Gasteiger charge is 2.28. The monoisotopic (exact) mass is 299 g/mol. The van der Waals surface area contributed by atoms with Crippen LogP contribution in [0.4, 0.5) is 0 Å². The van der Waals surface area contributed by atoms with Gasteiger partial charge in [0, 0.05) is 26.2 Å². The predicted molar refractivity (Wildman–Crippen MR) is 83.9 cm³/mol. The molecule has 1 amide bonds. The van der Waals surface area contributed by atoms with E-state index in [2.05, 4.69) is 9.80 Å². The van der Waals surface area contributed by atoms with E-state index in [4.69, 9.17) is 10.2 Å². The fourth-order valence-electron chi connectivity index (χ4n) is 2.99. The molecule has 3 rings (SSSR count). The van der Waals surface area contributed by atoms with Gasteiger partial charge in [0.25, 0.3) is 0 Å². The van der Waals surface area contributed by atoms with Gasteiger partial charge in [0.15, 0.2) is 0 Å². The van der Waals surface area contributed by atoms with Crippen molar-refractivity contribution in [3.05, 3.63) is 60.1 Å². The number of nitrogens with zero attached hydrogens (tertiary/aromatic N) is 2. The van der Waals surface area contributed by atoms with Crippen molar-refractivity contribution in [2.75, 3.05) is 26.2 Å². The molecule has 1 unspecified atom stereocenters. The number of hydrogen-bond donors (Lipinski definition) is 1. The molecule has 1 saturated heterocycles. The quantitative estimate of drug-likeness (QED) is 0.911. The van der Waals surface area contributed by atoms with E-state index in [1.54, 1.807) is 6.26 Å². The van der Waals surface area contributed by atoms with Crippen molar-refractivity contribution in [2.45, 2.75) is 12.6 Å². The van der Waals surface area contributed by atoms with Gasteiger partial charge in [0.1, 0.15) is 11.8 Å². The number of amides is 1. The molecule has 116 valence electrons. The molecular weight excluding hydrogens is 278 g/mol. The molecule has 2 heterocycles. The first kappa shape index (κ1) is 14.8. The molecular formula is C17H21N3O2. The Balaban J connectivity index is 1.62. The van der Waals surface area contributed by atoms with Crippen LogP contribution >= 0.6 is 0 Å². The zero-order chi connectivity index (χ0) is 15.4. The van der Waals surface area contributed by atoms with Crippen LogP contribution in [0.15, 0.2) is 53.1 Å². The van der Waals surface area contributed by atoms with Crippen molar-refractivity contribution in [1.29, 1.82) is 0 Å². The molecule has 0 spiro atoms. The summed E-state index contributed by atoms with van der Waals surface area (Å²) in [6, 6.07) is 13.3. The first-order valence-corrected chi connectivity index (χ1v) is 7.57. The van der Waals surface area contributed by atoms with Crippen molar-refractivity contribution in [1.82, 2.24) is 9.80 Å². The average Bonchev–Trinajstić information content (AvgIpc) is 3.03. The Hall–Kier alpha value is -2.11. The number of nitrogens with two attached hydrogens (primary N) is 1. The highest BCUT2D eigenvalue weighted by Crippen LogP contribution is 2.22. The molecule has 0 aliphatic carbocycles. The molecule has 1 aliphatic rings. The van der Waals surface area contributed by atoms with E-state index in [0.29, 0.717) is 0 Å². The number of hydrogen-bond acceptors (Lipinski definition) is 4.